The lowest BCUT2D eigenvalue weighted by atomic mass is 10.1. The fourth-order valence-electron chi connectivity index (χ4n) is 1.40. The molecule has 0 bridgehead atoms. The molecule has 2 aromatic carbocycles. The summed E-state index contributed by atoms with van der Waals surface area (Å²) in [5, 5.41) is 2.51. The van der Waals surface area contributed by atoms with E-state index in [1.165, 1.54) is 11.8 Å². The Morgan fingerprint density at radius 3 is 2.32 bits per heavy atom. The lowest BCUT2D eigenvalue weighted by Gasteiger charge is -1.97. The summed E-state index contributed by atoms with van der Waals surface area (Å²) in [5.41, 5.74) is 0.702. The molecule has 0 heterocycles. The number of thioether (sulfide) groups is 1. The van der Waals surface area contributed by atoms with Crippen LogP contribution in [0.3, 0.4) is 0 Å². The van der Waals surface area contributed by atoms with Crippen LogP contribution < -0.4 is 0 Å². The molecule has 0 aliphatic rings. The maximum atomic E-state index is 11.9. The second-order valence-electron chi connectivity index (χ2n) is 3.75. The Bertz CT molecular complexity index is 591. The van der Waals surface area contributed by atoms with Crippen molar-refractivity contribution in [1.82, 2.24) is 0 Å². The van der Waals surface area contributed by atoms with Gasteiger partial charge in [-0.05, 0) is 70.5 Å². The van der Waals surface area contributed by atoms with Crippen LogP contribution in [0.15, 0.2) is 64.9 Å². The number of rotatable bonds is 4. The van der Waals surface area contributed by atoms with E-state index in [1.54, 1.807) is 11.5 Å². The van der Waals surface area contributed by atoms with E-state index in [-0.39, 0.29) is 5.78 Å². The number of ketones is 1. The van der Waals surface area contributed by atoms with Gasteiger partial charge >= 0.3 is 0 Å². The fraction of sp³-hybridized carbons (Fsp3) is 0. The highest BCUT2D eigenvalue weighted by Gasteiger charge is 2.00. The standard InChI is InChI=1S/C15H10ClIOS/c16-12-3-7-14(8-4-12)19-10-9-15(18)11-1-5-13(17)6-2-11/h1-10H. The molecule has 0 radical (unpaired) electrons. The van der Waals surface area contributed by atoms with Crippen molar-refractivity contribution in [2.45, 2.75) is 4.90 Å². The first-order valence-corrected chi connectivity index (χ1v) is 7.87. The molecule has 0 fully saturated rings. The van der Waals surface area contributed by atoms with Gasteiger partial charge in [0.15, 0.2) is 5.78 Å². The van der Waals surface area contributed by atoms with Gasteiger partial charge in [-0.2, -0.15) is 0 Å². The van der Waals surface area contributed by atoms with E-state index >= 15 is 0 Å². The third kappa shape index (κ3) is 4.67. The molecule has 0 aromatic heterocycles. The molecule has 0 spiro atoms. The van der Waals surface area contributed by atoms with Crippen LogP contribution in [0.1, 0.15) is 10.4 Å². The first-order valence-electron chi connectivity index (χ1n) is 5.54. The predicted molar refractivity (Wildman–Crippen MR) is 89.9 cm³/mol. The molecule has 0 unspecified atom stereocenters. The summed E-state index contributed by atoms with van der Waals surface area (Å²) < 4.78 is 1.12. The van der Waals surface area contributed by atoms with E-state index in [4.69, 9.17) is 11.6 Å². The number of benzene rings is 2. The monoisotopic (exact) mass is 400 g/mol. The van der Waals surface area contributed by atoms with Crippen LogP contribution in [0.2, 0.25) is 5.02 Å². The average molecular weight is 401 g/mol. The minimum Gasteiger partial charge on any atom is -0.289 e. The van der Waals surface area contributed by atoms with E-state index in [2.05, 4.69) is 22.6 Å². The summed E-state index contributed by atoms with van der Waals surface area (Å²) in [4.78, 5) is 12.9. The molecule has 0 saturated heterocycles. The van der Waals surface area contributed by atoms with Crippen molar-refractivity contribution in [3.63, 3.8) is 0 Å². The van der Waals surface area contributed by atoms with E-state index in [0.717, 1.165) is 8.47 Å². The van der Waals surface area contributed by atoms with Gasteiger partial charge in [0, 0.05) is 19.1 Å². The van der Waals surface area contributed by atoms with E-state index in [1.807, 2.05) is 48.5 Å². The molecule has 96 valence electrons. The minimum absolute atomic E-state index is 0.0119. The van der Waals surface area contributed by atoms with Crippen LogP contribution in [-0.2, 0) is 0 Å². The van der Waals surface area contributed by atoms with Gasteiger partial charge in [0.25, 0.3) is 0 Å². The summed E-state index contributed by atoms with van der Waals surface area (Å²) in [6.45, 7) is 0. The minimum atomic E-state index is 0.0119. The van der Waals surface area contributed by atoms with Crippen molar-refractivity contribution < 1.29 is 4.79 Å². The number of hydrogen-bond acceptors (Lipinski definition) is 2. The molecule has 0 amide bonds. The zero-order valence-electron chi connectivity index (χ0n) is 9.85. The van der Waals surface area contributed by atoms with Gasteiger partial charge in [0.2, 0.25) is 0 Å². The topological polar surface area (TPSA) is 17.1 Å². The number of carbonyl (C=O) groups excluding carboxylic acids is 1. The highest BCUT2D eigenvalue weighted by atomic mass is 127. The summed E-state index contributed by atoms with van der Waals surface area (Å²) in [6, 6.07) is 15.0. The van der Waals surface area contributed by atoms with E-state index in [0.29, 0.717) is 10.6 Å². The number of hydrogen-bond donors (Lipinski definition) is 0. The van der Waals surface area contributed by atoms with Crippen molar-refractivity contribution in [3.8, 4) is 0 Å². The van der Waals surface area contributed by atoms with Crippen molar-refractivity contribution in [2.24, 2.45) is 0 Å². The lowest BCUT2D eigenvalue weighted by Crippen LogP contribution is -1.93. The molecule has 0 atom stereocenters. The molecule has 2 rings (SSSR count). The SMILES string of the molecule is O=C(C=CSc1ccc(Cl)cc1)c1ccc(I)cc1. The molecule has 19 heavy (non-hydrogen) atoms. The molecule has 0 N–H and O–H groups in total. The zero-order chi connectivity index (χ0) is 13.7. The van der Waals surface area contributed by atoms with E-state index < -0.39 is 0 Å². The van der Waals surface area contributed by atoms with Gasteiger partial charge < -0.3 is 0 Å². The smallest absolute Gasteiger partial charge is 0.186 e. The zero-order valence-corrected chi connectivity index (χ0v) is 13.6. The Morgan fingerprint density at radius 2 is 1.68 bits per heavy atom. The molecule has 1 nitrogen and oxygen atoms in total. The molecule has 0 aliphatic heterocycles. The van der Waals surface area contributed by atoms with Gasteiger partial charge in [-0.1, -0.05) is 35.5 Å². The number of allylic oxidation sites excluding steroid dienone is 1. The Morgan fingerprint density at radius 1 is 1.05 bits per heavy atom. The van der Waals surface area contributed by atoms with Gasteiger partial charge in [-0.25, -0.2) is 0 Å². The van der Waals surface area contributed by atoms with Crippen LogP contribution in [0.4, 0.5) is 0 Å². The van der Waals surface area contributed by atoms with Crippen molar-refractivity contribution in [2.75, 3.05) is 0 Å². The average Bonchev–Trinajstić information content (AvgIpc) is 2.41. The summed E-state index contributed by atoms with van der Waals surface area (Å²) >= 11 is 9.52. The molecule has 4 heteroatoms. The Hall–Kier alpha value is -0.780. The summed E-state index contributed by atoms with van der Waals surface area (Å²) in [5.74, 6) is 0.0119. The first kappa shape index (κ1) is 14.6. The van der Waals surface area contributed by atoms with Gasteiger partial charge in [-0.15, -0.1) is 0 Å². The molecular formula is C15H10ClIOS. The maximum Gasteiger partial charge on any atom is 0.186 e. The quantitative estimate of drug-likeness (QED) is 0.294. The number of carbonyl (C=O) groups is 1. The molecule has 2 aromatic rings. The van der Waals surface area contributed by atoms with Gasteiger partial charge in [-0.3, -0.25) is 4.79 Å². The Labute approximate surface area is 135 Å². The summed E-state index contributed by atoms with van der Waals surface area (Å²) in [7, 11) is 0. The Kier molecular flexibility index (Phi) is 5.48. The van der Waals surface area contributed by atoms with Gasteiger partial charge in [0.1, 0.15) is 0 Å². The van der Waals surface area contributed by atoms with Crippen molar-refractivity contribution in [1.29, 1.82) is 0 Å². The second-order valence-corrected chi connectivity index (χ2v) is 6.41. The van der Waals surface area contributed by atoms with Crippen LogP contribution in [0.25, 0.3) is 0 Å². The number of halogens is 2. The van der Waals surface area contributed by atoms with Crippen LogP contribution in [0.5, 0.6) is 0 Å². The highest BCUT2D eigenvalue weighted by Crippen LogP contribution is 2.21. The van der Waals surface area contributed by atoms with Gasteiger partial charge in [0.05, 0.1) is 0 Å². The first-order chi connectivity index (χ1) is 9.15. The third-order valence-corrected chi connectivity index (χ3v) is 4.15. The van der Waals surface area contributed by atoms with Crippen molar-refractivity contribution in [3.05, 3.63) is 74.2 Å². The second kappa shape index (κ2) is 7.12. The van der Waals surface area contributed by atoms with Crippen LogP contribution in [0, 0.1) is 3.57 Å². The highest BCUT2D eigenvalue weighted by molar-refractivity contribution is 14.1. The largest absolute Gasteiger partial charge is 0.289 e. The van der Waals surface area contributed by atoms with Crippen LogP contribution in [-0.4, -0.2) is 5.78 Å². The summed E-state index contributed by atoms with van der Waals surface area (Å²) in [6.07, 6.45) is 1.58. The predicted octanol–water partition coefficient (Wildman–Crippen LogP) is 5.43. The van der Waals surface area contributed by atoms with Crippen LogP contribution >= 0.6 is 46.0 Å². The maximum absolute atomic E-state index is 11.9. The van der Waals surface area contributed by atoms with Crippen molar-refractivity contribution >= 4 is 51.7 Å². The normalized spacial score (nSPS) is 10.8. The molecule has 0 saturated carbocycles. The fourth-order valence-corrected chi connectivity index (χ4v) is 2.53. The third-order valence-electron chi connectivity index (χ3n) is 2.37. The lowest BCUT2D eigenvalue weighted by molar-refractivity contribution is 0.104. The van der Waals surface area contributed by atoms with E-state index in [9.17, 15) is 4.79 Å². The molecular weight excluding hydrogens is 391 g/mol. The molecule has 0 aliphatic carbocycles. The Balaban J connectivity index is 1.97.